The number of hydrogen-bond donors (Lipinski definition) is 0. The highest BCUT2D eigenvalue weighted by molar-refractivity contribution is 7.17. The molecule has 0 fully saturated rings. The first kappa shape index (κ1) is 17.7. The number of aryl methyl sites for hydroxylation is 3. The summed E-state index contributed by atoms with van der Waals surface area (Å²) in [6.45, 7) is 10.7. The van der Waals surface area contributed by atoms with Crippen molar-refractivity contribution < 1.29 is 0 Å². The SMILES string of the molecule is CCC.Cc1ccn2c(Cc3csc4cccc(C)c34)c(C)nc2c1. The fourth-order valence-corrected chi connectivity index (χ4v) is 4.22. The molecule has 0 N–H and O–H groups in total. The van der Waals surface area contributed by atoms with Crippen molar-refractivity contribution in [2.75, 3.05) is 0 Å². The third-order valence-electron chi connectivity index (χ3n) is 4.32. The molecular weight excluding hydrogens is 324 g/mol. The van der Waals surface area contributed by atoms with Gasteiger partial charge in [-0.3, -0.25) is 0 Å². The van der Waals surface area contributed by atoms with Gasteiger partial charge in [0.25, 0.3) is 0 Å². The molecule has 0 atom stereocenters. The van der Waals surface area contributed by atoms with Crippen molar-refractivity contribution in [1.82, 2.24) is 9.38 Å². The van der Waals surface area contributed by atoms with E-state index in [2.05, 4.69) is 80.9 Å². The van der Waals surface area contributed by atoms with E-state index >= 15 is 0 Å². The van der Waals surface area contributed by atoms with Crippen LogP contribution in [-0.2, 0) is 6.42 Å². The summed E-state index contributed by atoms with van der Waals surface area (Å²) in [6.07, 6.45) is 4.32. The lowest BCUT2D eigenvalue weighted by molar-refractivity contribution is 1.01. The van der Waals surface area contributed by atoms with Crippen LogP contribution in [0.5, 0.6) is 0 Å². The first-order chi connectivity index (χ1) is 12.0. The molecule has 25 heavy (non-hydrogen) atoms. The molecule has 4 rings (SSSR count). The van der Waals surface area contributed by atoms with Crippen molar-refractivity contribution in [3.05, 3.63) is 70.0 Å². The van der Waals surface area contributed by atoms with E-state index in [1.807, 2.05) is 11.3 Å². The molecule has 0 unspecified atom stereocenters. The maximum atomic E-state index is 4.72. The number of fused-ring (bicyclic) bond motifs is 2. The van der Waals surface area contributed by atoms with Crippen molar-refractivity contribution in [3.8, 4) is 0 Å². The Labute approximate surface area is 154 Å². The second-order valence-corrected chi connectivity index (χ2v) is 7.58. The lowest BCUT2D eigenvalue weighted by atomic mass is 10.0. The van der Waals surface area contributed by atoms with Gasteiger partial charge in [0.2, 0.25) is 0 Å². The van der Waals surface area contributed by atoms with Crippen LogP contribution in [0.15, 0.2) is 41.9 Å². The fourth-order valence-electron chi connectivity index (χ4n) is 3.18. The molecule has 0 radical (unpaired) electrons. The summed E-state index contributed by atoms with van der Waals surface area (Å²) < 4.78 is 3.60. The highest BCUT2D eigenvalue weighted by Crippen LogP contribution is 2.31. The van der Waals surface area contributed by atoms with Crippen LogP contribution in [0.4, 0.5) is 0 Å². The van der Waals surface area contributed by atoms with Crippen LogP contribution in [0.2, 0.25) is 0 Å². The summed E-state index contributed by atoms with van der Waals surface area (Å²) in [5, 5.41) is 3.71. The average Bonchev–Trinajstić information content (AvgIpc) is 3.11. The van der Waals surface area contributed by atoms with E-state index in [0.29, 0.717) is 0 Å². The van der Waals surface area contributed by atoms with Gasteiger partial charge in [-0.15, -0.1) is 11.3 Å². The van der Waals surface area contributed by atoms with E-state index in [1.54, 1.807) is 0 Å². The molecule has 3 heteroatoms. The third-order valence-corrected chi connectivity index (χ3v) is 5.32. The zero-order valence-electron chi connectivity index (χ0n) is 15.8. The predicted molar refractivity (Wildman–Crippen MR) is 110 cm³/mol. The molecule has 130 valence electrons. The quantitative estimate of drug-likeness (QED) is 0.404. The molecule has 3 heterocycles. The molecular formula is C22H26N2S. The molecule has 2 nitrogen and oxygen atoms in total. The van der Waals surface area contributed by atoms with Crippen LogP contribution < -0.4 is 0 Å². The van der Waals surface area contributed by atoms with Crippen LogP contribution in [-0.4, -0.2) is 9.38 Å². The number of imidazole rings is 1. The molecule has 0 aliphatic heterocycles. The van der Waals surface area contributed by atoms with E-state index in [-0.39, 0.29) is 0 Å². The van der Waals surface area contributed by atoms with Gasteiger partial charge >= 0.3 is 0 Å². The molecule has 1 aromatic carbocycles. The highest BCUT2D eigenvalue weighted by atomic mass is 32.1. The predicted octanol–water partition coefficient (Wildman–Crippen LogP) is 6.48. The summed E-state index contributed by atoms with van der Waals surface area (Å²) in [4.78, 5) is 4.72. The number of thiophene rings is 1. The maximum absolute atomic E-state index is 4.72. The van der Waals surface area contributed by atoms with Gasteiger partial charge < -0.3 is 4.40 Å². The van der Waals surface area contributed by atoms with Crippen LogP contribution in [0.1, 0.15) is 48.3 Å². The van der Waals surface area contributed by atoms with Crippen molar-refractivity contribution in [2.24, 2.45) is 0 Å². The maximum Gasteiger partial charge on any atom is 0.137 e. The zero-order valence-corrected chi connectivity index (χ0v) is 16.6. The van der Waals surface area contributed by atoms with Crippen LogP contribution >= 0.6 is 11.3 Å². The van der Waals surface area contributed by atoms with Crippen molar-refractivity contribution >= 4 is 27.1 Å². The number of nitrogens with zero attached hydrogens (tertiary/aromatic N) is 2. The second kappa shape index (κ2) is 7.40. The molecule has 0 amide bonds. The zero-order chi connectivity index (χ0) is 18.0. The molecule has 3 aromatic heterocycles. The fraction of sp³-hybridized carbons (Fsp3) is 0.318. The minimum Gasteiger partial charge on any atom is -0.303 e. The Balaban J connectivity index is 0.000000569. The largest absolute Gasteiger partial charge is 0.303 e. The van der Waals surface area contributed by atoms with E-state index in [9.17, 15) is 0 Å². The first-order valence-electron chi connectivity index (χ1n) is 8.95. The summed E-state index contributed by atoms with van der Waals surface area (Å²) in [5.74, 6) is 0. The summed E-state index contributed by atoms with van der Waals surface area (Å²) >= 11 is 1.83. The number of rotatable bonds is 2. The normalized spacial score (nSPS) is 10.9. The summed E-state index contributed by atoms with van der Waals surface area (Å²) in [5.41, 5.74) is 7.47. The number of aromatic nitrogens is 2. The Hall–Kier alpha value is -2.13. The summed E-state index contributed by atoms with van der Waals surface area (Å²) in [6, 6.07) is 10.8. The molecule has 0 aliphatic rings. The topological polar surface area (TPSA) is 17.3 Å². The van der Waals surface area contributed by atoms with E-state index < -0.39 is 0 Å². The first-order valence-corrected chi connectivity index (χ1v) is 9.83. The molecule has 0 bridgehead atoms. The lowest BCUT2D eigenvalue weighted by Crippen LogP contribution is -1.96. The molecule has 0 saturated heterocycles. The number of hydrogen-bond acceptors (Lipinski definition) is 2. The van der Waals surface area contributed by atoms with Gasteiger partial charge in [0, 0.05) is 23.0 Å². The molecule has 0 aliphatic carbocycles. The Morgan fingerprint density at radius 2 is 1.84 bits per heavy atom. The highest BCUT2D eigenvalue weighted by Gasteiger charge is 2.13. The Bertz CT molecular complexity index is 1010. The Morgan fingerprint density at radius 1 is 1.08 bits per heavy atom. The van der Waals surface area contributed by atoms with E-state index in [1.165, 1.54) is 38.9 Å². The van der Waals surface area contributed by atoms with Crippen LogP contribution in [0.25, 0.3) is 15.7 Å². The third kappa shape index (κ3) is 3.47. The smallest absolute Gasteiger partial charge is 0.137 e. The van der Waals surface area contributed by atoms with Gasteiger partial charge in [-0.25, -0.2) is 4.98 Å². The molecule has 0 saturated carbocycles. The minimum atomic E-state index is 0.931. The van der Waals surface area contributed by atoms with E-state index in [0.717, 1.165) is 17.8 Å². The number of pyridine rings is 1. The van der Waals surface area contributed by atoms with Gasteiger partial charge in [0.1, 0.15) is 5.65 Å². The minimum absolute atomic E-state index is 0.931. The Morgan fingerprint density at radius 3 is 2.60 bits per heavy atom. The second-order valence-electron chi connectivity index (χ2n) is 6.67. The monoisotopic (exact) mass is 350 g/mol. The van der Waals surface area contributed by atoms with Crippen LogP contribution in [0.3, 0.4) is 0 Å². The van der Waals surface area contributed by atoms with Crippen molar-refractivity contribution in [2.45, 2.75) is 47.5 Å². The van der Waals surface area contributed by atoms with E-state index in [4.69, 9.17) is 4.98 Å². The van der Waals surface area contributed by atoms with Gasteiger partial charge in [0.15, 0.2) is 0 Å². The van der Waals surface area contributed by atoms with Crippen molar-refractivity contribution in [1.29, 1.82) is 0 Å². The van der Waals surface area contributed by atoms with Gasteiger partial charge in [-0.1, -0.05) is 32.4 Å². The molecule has 4 aromatic rings. The van der Waals surface area contributed by atoms with Crippen molar-refractivity contribution in [3.63, 3.8) is 0 Å². The standard InChI is InChI=1S/C19H18N2S.C3H8/c1-12-7-8-21-16(14(3)20-18(21)9-12)10-15-11-22-17-6-4-5-13(2)19(15)17;1-3-2/h4-9,11H,10H2,1-3H3;3H2,1-2H3. The van der Waals surface area contributed by atoms with Crippen LogP contribution in [0, 0.1) is 20.8 Å². The number of benzene rings is 1. The average molecular weight is 351 g/mol. The van der Waals surface area contributed by atoms with Gasteiger partial charge in [-0.2, -0.15) is 0 Å². The molecule has 0 spiro atoms. The lowest BCUT2D eigenvalue weighted by Gasteiger charge is -2.05. The van der Waals surface area contributed by atoms with Gasteiger partial charge in [0.05, 0.1) is 5.69 Å². The Kier molecular flexibility index (Phi) is 5.24. The van der Waals surface area contributed by atoms with Gasteiger partial charge in [-0.05, 0) is 66.4 Å². The summed E-state index contributed by atoms with van der Waals surface area (Å²) in [7, 11) is 0.